The molecule has 0 unspecified atom stereocenters. The molecule has 0 aromatic carbocycles. The Labute approximate surface area is 174 Å². The number of carbonyl (C=O) groups is 2. The van der Waals surface area contributed by atoms with Crippen molar-refractivity contribution in [3.05, 3.63) is 41.3 Å². The first-order chi connectivity index (χ1) is 14.6. The fourth-order valence-corrected chi connectivity index (χ4v) is 2.41. The molecule has 2 heterocycles. The van der Waals surface area contributed by atoms with E-state index in [-0.39, 0.29) is 35.9 Å². The fraction of sp³-hybridized carbons (Fsp3) is 0.421. The lowest BCUT2D eigenvalue weighted by Crippen LogP contribution is -2.33. The van der Waals surface area contributed by atoms with Crippen LogP contribution in [-0.2, 0) is 11.3 Å². The third-order valence-electron chi connectivity index (χ3n) is 4.25. The number of nitrogens with zero attached hydrogens (tertiary/aromatic N) is 3. The van der Waals surface area contributed by atoms with E-state index in [0.717, 1.165) is 12.8 Å². The number of aryl methyl sites for hydroxylation is 1. The maximum Gasteiger partial charge on any atom is 0.340 e. The summed E-state index contributed by atoms with van der Waals surface area (Å²) in [6.07, 6.45) is -0.951. The summed E-state index contributed by atoms with van der Waals surface area (Å²) in [5.74, 6) is -5.23. The monoisotopic (exact) mass is 441 g/mol. The number of hydrogen-bond acceptors (Lipinski definition) is 6. The van der Waals surface area contributed by atoms with Gasteiger partial charge in [0.1, 0.15) is 5.69 Å². The largest absolute Gasteiger partial charge is 0.471 e. The zero-order chi connectivity index (χ0) is 22.6. The molecule has 166 valence electrons. The van der Waals surface area contributed by atoms with Crippen LogP contribution in [0.5, 0.6) is 5.88 Å². The molecule has 2 aromatic heterocycles. The lowest BCUT2D eigenvalue weighted by molar-refractivity contribution is -0.148. The number of aromatic nitrogens is 3. The number of alkyl halides is 4. The van der Waals surface area contributed by atoms with Gasteiger partial charge in [0.05, 0.1) is 0 Å². The van der Waals surface area contributed by atoms with Crippen molar-refractivity contribution in [2.75, 3.05) is 11.9 Å². The van der Waals surface area contributed by atoms with E-state index in [0.29, 0.717) is 11.3 Å². The highest BCUT2D eigenvalue weighted by Gasteiger charge is 2.41. The van der Waals surface area contributed by atoms with Crippen molar-refractivity contribution in [2.24, 2.45) is 5.92 Å². The van der Waals surface area contributed by atoms with Crippen LogP contribution in [0.15, 0.2) is 24.4 Å². The van der Waals surface area contributed by atoms with Crippen LogP contribution in [0.4, 0.5) is 23.5 Å². The third-order valence-corrected chi connectivity index (χ3v) is 4.25. The minimum Gasteiger partial charge on any atom is -0.471 e. The summed E-state index contributed by atoms with van der Waals surface area (Å²) in [6.45, 7) is 0.192. The number of halogens is 4. The molecule has 2 N–H and O–H groups in total. The molecule has 1 saturated carbocycles. The van der Waals surface area contributed by atoms with Gasteiger partial charge in [-0.2, -0.15) is 8.78 Å². The quantitative estimate of drug-likeness (QED) is 0.580. The Kier molecular flexibility index (Phi) is 6.66. The highest BCUT2D eigenvalue weighted by atomic mass is 19.3. The van der Waals surface area contributed by atoms with Crippen molar-refractivity contribution >= 4 is 17.8 Å². The summed E-state index contributed by atoms with van der Waals surface area (Å²) < 4.78 is 54.6. The Bertz CT molecular complexity index is 952. The SMILES string of the molecule is Cc1cc(C(=O)NCc2ccc(OCC(F)(F)C(F)F)nc2)nc(NC(=O)C2CC2)n1. The van der Waals surface area contributed by atoms with E-state index < -0.39 is 24.9 Å². The van der Waals surface area contributed by atoms with Gasteiger partial charge in [0.25, 0.3) is 5.91 Å². The van der Waals surface area contributed by atoms with E-state index in [1.807, 2.05) is 0 Å². The number of hydrogen-bond donors (Lipinski definition) is 2. The normalized spacial score (nSPS) is 13.7. The second-order valence-electron chi connectivity index (χ2n) is 7.02. The summed E-state index contributed by atoms with van der Waals surface area (Å²) in [4.78, 5) is 36.1. The number of amides is 2. The van der Waals surface area contributed by atoms with Crippen molar-refractivity contribution in [3.63, 3.8) is 0 Å². The smallest absolute Gasteiger partial charge is 0.340 e. The highest BCUT2D eigenvalue weighted by Crippen LogP contribution is 2.29. The van der Waals surface area contributed by atoms with Crippen LogP contribution < -0.4 is 15.4 Å². The molecular formula is C19H19F4N5O3. The van der Waals surface area contributed by atoms with Crippen molar-refractivity contribution in [3.8, 4) is 5.88 Å². The molecule has 0 aliphatic heterocycles. The number of ether oxygens (including phenoxy) is 1. The van der Waals surface area contributed by atoms with Crippen LogP contribution in [0.1, 0.15) is 34.6 Å². The van der Waals surface area contributed by atoms with Crippen LogP contribution in [0.2, 0.25) is 0 Å². The summed E-state index contributed by atoms with van der Waals surface area (Å²) in [5.41, 5.74) is 1.06. The van der Waals surface area contributed by atoms with E-state index in [1.165, 1.54) is 24.4 Å². The number of pyridine rings is 1. The fourth-order valence-electron chi connectivity index (χ4n) is 2.41. The zero-order valence-corrected chi connectivity index (χ0v) is 16.4. The van der Waals surface area contributed by atoms with Crippen molar-refractivity contribution in [1.82, 2.24) is 20.3 Å². The van der Waals surface area contributed by atoms with E-state index in [4.69, 9.17) is 0 Å². The van der Waals surface area contributed by atoms with Crippen LogP contribution in [-0.4, -0.2) is 45.7 Å². The molecule has 2 aromatic rings. The number of anilines is 1. The van der Waals surface area contributed by atoms with Crippen LogP contribution in [0.3, 0.4) is 0 Å². The Morgan fingerprint density at radius 3 is 2.61 bits per heavy atom. The van der Waals surface area contributed by atoms with Gasteiger partial charge in [0, 0.05) is 30.4 Å². The minimum absolute atomic E-state index is 0.0339. The topological polar surface area (TPSA) is 106 Å². The lowest BCUT2D eigenvalue weighted by atomic mass is 10.2. The standard InChI is InChI=1S/C19H19F4N5O3/c1-10-6-13(27-18(26-10)28-15(29)12-3-4-12)16(30)25-8-11-2-5-14(24-7-11)31-9-19(22,23)17(20)21/h2,5-7,12,17H,3-4,8-9H2,1H3,(H,25,30)(H,26,27,28,29). The molecule has 0 spiro atoms. The molecule has 0 bridgehead atoms. The average molecular weight is 441 g/mol. The summed E-state index contributed by atoms with van der Waals surface area (Å²) >= 11 is 0. The lowest BCUT2D eigenvalue weighted by Gasteiger charge is -2.15. The predicted octanol–water partition coefficient (Wildman–Crippen LogP) is 2.74. The van der Waals surface area contributed by atoms with E-state index in [1.54, 1.807) is 6.92 Å². The molecule has 1 aliphatic rings. The Balaban J connectivity index is 1.54. The molecule has 1 aliphatic carbocycles. The van der Waals surface area contributed by atoms with Crippen LogP contribution in [0, 0.1) is 12.8 Å². The second kappa shape index (κ2) is 9.23. The van der Waals surface area contributed by atoms with Gasteiger partial charge < -0.3 is 10.1 Å². The predicted molar refractivity (Wildman–Crippen MR) is 100.0 cm³/mol. The first-order valence-corrected chi connectivity index (χ1v) is 9.32. The van der Waals surface area contributed by atoms with Gasteiger partial charge in [-0.15, -0.1) is 0 Å². The summed E-state index contributed by atoms with van der Waals surface area (Å²) in [5, 5.41) is 5.19. The maximum atomic E-state index is 12.9. The molecule has 3 rings (SSSR count). The van der Waals surface area contributed by atoms with Gasteiger partial charge in [-0.05, 0) is 31.4 Å². The Hall–Kier alpha value is -3.31. The van der Waals surface area contributed by atoms with Gasteiger partial charge in [-0.25, -0.2) is 23.7 Å². The van der Waals surface area contributed by atoms with Crippen molar-refractivity contribution < 1.29 is 31.9 Å². The molecule has 1 fully saturated rings. The molecular weight excluding hydrogens is 422 g/mol. The molecule has 2 amide bonds. The van der Waals surface area contributed by atoms with Gasteiger partial charge in [-0.1, -0.05) is 6.07 Å². The third kappa shape index (κ3) is 6.33. The van der Waals surface area contributed by atoms with E-state index >= 15 is 0 Å². The first-order valence-electron chi connectivity index (χ1n) is 9.32. The molecule has 0 radical (unpaired) electrons. The molecule has 12 heteroatoms. The zero-order valence-electron chi connectivity index (χ0n) is 16.4. The van der Waals surface area contributed by atoms with Crippen LogP contribution >= 0.6 is 0 Å². The van der Waals surface area contributed by atoms with Gasteiger partial charge >= 0.3 is 12.3 Å². The molecule has 8 nitrogen and oxygen atoms in total. The molecule has 0 atom stereocenters. The minimum atomic E-state index is -4.28. The van der Waals surface area contributed by atoms with E-state index in [9.17, 15) is 27.2 Å². The number of nitrogens with one attached hydrogen (secondary N) is 2. The average Bonchev–Trinajstić information content (AvgIpc) is 3.56. The second-order valence-corrected chi connectivity index (χ2v) is 7.02. The number of carbonyl (C=O) groups excluding carboxylic acids is 2. The van der Waals surface area contributed by atoms with Gasteiger partial charge in [-0.3, -0.25) is 14.9 Å². The highest BCUT2D eigenvalue weighted by molar-refractivity contribution is 5.95. The number of rotatable bonds is 9. The van der Waals surface area contributed by atoms with E-state index in [2.05, 4.69) is 30.3 Å². The maximum absolute atomic E-state index is 12.9. The van der Waals surface area contributed by atoms with Gasteiger partial charge in [0.15, 0.2) is 6.61 Å². The van der Waals surface area contributed by atoms with Gasteiger partial charge in [0.2, 0.25) is 17.7 Å². The van der Waals surface area contributed by atoms with Crippen molar-refractivity contribution in [2.45, 2.75) is 38.7 Å². The summed E-state index contributed by atoms with van der Waals surface area (Å²) in [7, 11) is 0. The van der Waals surface area contributed by atoms with Crippen molar-refractivity contribution in [1.29, 1.82) is 0 Å². The Morgan fingerprint density at radius 1 is 1.26 bits per heavy atom. The summed E-state index contributed by atoms with van der Waals surface area (Å²) in [6, 6.07) is 4.12. The molecule has 0 saturated heterocycles. The van der Waals surface area contributed by atoms with Crippen LogP contribution in [0.25, 0.3) is 0 Å². The first kappa shape index (κ1) is 22.4. The molecule has 31 heavy (non-hydrogen) atoms. The Morgan fingerprint density at radius 2 is 2.00 bits per heavy atom.